The first-order valence-electron chi connectivity index (χ1n) is 9.25. The van der Waals surface area contributed by atoms with E-state index in [0.29, 0.717) is 11.3 Å². The maximum Gasteiger partial charge on any atom is 0.190 e. The van der Waals surface area contributed by atoms with E-state index < -0.39 is 37.1 Å². The van der Waals surface area contributed by atoms with Crippen LogP contribution in [0.1, 0.15) is 34.5 Å². The van der Waals surface area contributed by atoms with Gasteiger partial charge in [-0.25, -0.2) is 0 Å². The molecule has 7 heteroatoms. The van der Waals surface area contributed by atoms with E-state index in [1.165, 1.54) is 0 Å². The molecule has 0 spiro atoms. The fraction of sp³-hybridized carbons (Fsp3) is 0.429. The minimum atomic E-state index is -1.42. The molecule has 2 aromatic carbocycles. The van der Waals surface area contributed by atoms with Crippen LogP contribution in [0, 0.1) is 6.92 Å². The zero-order chi connectivity index (χ0) is 19.8. The van der Waals surface area contributed by atoms with Crippen LogP contribution in [0.5, 0.6) is 5.75 Å². The molecule has 2 aromatic rings. The van der Waals surface area contributed by atoms with Gasteiger partial charge in [0.15, 0.2) is 6.79 Å². The molecule has 2 aliphatic rings. The molecule has 0 bridgehead atoms. The Bertz CT molecular complexity index is 820. The van der Waals surface area contributed by atoms with Crippen LogP contribution in [0.25, 0.3) is 0 Å². The average molecular weight is 388 g/mol. The van der Waals surface area contributed by atoms with Gasteiger partial charge in [-0.3, -0.25) is 0 Å². The van der Waals surface area contributed by atoms with Crippen LogP contribution >= 0.6 is 0 Å². The number of aliphatic hydroxyl groups is 4. The molecule has 4 rings (SSSR count). The molecule has 0 radical (unpaired) electrons. The average Bonchev–Trinajstić information content (AvgIpc) is 2.72. The molecule has 1 saturated heterocycles. The predicted octanol–water partition coefficient (Wildman–Crippen LogP) is 0.966. The summed E-state index contributed by atoms with van der Waals surface area (Å²) in [5, 5.41) is 39.9. The molecule has 0 aliphatic carbocycles. The molecule has 0 amide bonds. The Morgan fingerprint density at radius 3 is 2.36 bits per heavy atom. The van der Waals surface area contributed by atoms with Crippen LogP contribution in [0.4, 0.5) is 0 Å². The molecular formula is C21H24O7. The predicted molar refractivity (Wildman–Crippen MR) is 98.8 cm³/mol. The minimum absolute atomic E-state index is 0.130. The topological polar surface area (TPSA) is 109 Å². The van der Waals surface area contributed by atoms with Crippen molar-refractivity contribution in [3.63, 3.8) is 0 Å². The third kappa shape index (κ3) is 3.41. The Morgan fingerprint density at radius 1 is 0.929 bits per heavy atom. The van der Waals surface area contributed by atoms with E-state index in [-0.39, 0.29) is 12.9 Å². The van der Waals surface area contributed by atoms with Gasteiger partial charge in [0.05, 0.1) is 6.61 Å². The van der Waals surface area contributed by atoms with E-state index in [0.717, 1.165) is 16.7 Å². The first-order chi connectivity index (χ1) is 13.5. The summed E-state index contributed by atoms with van der Waals surface area (Å²) in [6, 6.07) is 13.3. The fourth-order valence-corrected chi connectivity index (χ4v) is 3.73. The first kappa shape index (κ1) is 19.3. The highest BCUT2D eigenvalue weighted by Crippen LogP contribution is 2.40. The van der Waals surface area contributed by atoms with Crippen molar-refractivity contribution in [2.75, 3.05) is 13.4 Å². The summed E-state index contributed by atoms with van der Waals surface area (Å²) in [7, 11) is 0. The van der Waals surface area contributed by atoms with E-state index in [2.05, 4.69) is 0 Å². The van der Waals surface area contributed by atoms with Gasteiger partial charge in [0.25, 0.3) is 0 Å². The summed E-state index contributed by atoms with van der Waals surface area (Å²) >= 11 is 0. The van der Waals surface area contributed by atoms with Gasteiger partial charge < -0.3 is 34.6 Å². The van der Waals surface area contributed by atoms with Gasteiger partial charge in [-0.1, -0.05) is 35.9 Å². The van der Waals surface area contributed by atoms with Crippen molar-refractivity contribution in [2.45, 2.75) is 43.5 Å². The maximum absolute atomic E-state index is 10.4. The highest BCUT2D eigenvalue weighted by molar-refractivity contribution is 5.45. The minimum Gasteiger partial charge on any atom is -0.467 e. The summed E-state index contributed by atoms with van der Waals surface area (Å²) in [6.07, 6.45) is -6.34. The van der Waals surface area contributed by atoms with Gasteiger partial charge in [0, 0.05) is 5.56 Å². The summed E-state index contributed by atoms with van der Waals surface area (Å²) < 4.78 is 17.1. The Hall–Kier alpha value is -2.00. The van der Waals surface area contributed by atoms with Crippen molar-refractivity contribution >= 4 is 0 Å². The normalized spacial score (nSPS) is 32.5. The summed E-state index contributed by atoms with van der Waals surface area (Å²) in [4.78, 5) is 0. The highest BCUT2D eigenvalue weighted by Gasteiger charge is 2.44. The number of benzene rings is 2. The van der Waals surface area contributed by atoms with Crippen LogP contribution in [0.15, 0.2) is 42.5 Å². The number of ether oxygens (including phenoxy) is 3. The van der Waals surface area contributed by atoms with Crippen molar-refractivity contribution in [3.8, 4) is 5.75 Å². The van der Waals surface area contributed by atoms with Crippen LogP contribution in [0.3, 0.4) is 0 Å². The van der Waals surface area contributed by atoms with Crippen molar-refractivity contribution in [2.24, 2.45) is 0 Å². The lowest BCUT2D eigenvalue weighted by Gasteiger charge is -2.40. The molecule has 28 heavy (non-hydrogen) atoms. The molecule has 4 N–H and O–H groups in total. The number of rotatable bonds is 3. The van der Waals surface area contributed by atoms with E-state index in [1.54, 1.807) is 12.1 Å². The molecule has 7 nitrogen and oxygen atoms in total. The molecule has 150 valence electrons. The number of aryl methyl sites for hydroxylation is 1. The molecule has 2 aliphatic heterocycles. The van der Waals surface area contributed by atoms with Crippen molar-refractivity contribution in [1.82, 2.24) is 0 Å². The van der Waals surface area contributed by atoms with Gasteiger partial charge >= 0.3 is 0 Å². The molecule has 2 heterocycles. The molecular weight excluding hydrogens is 364 g/mol. The smallest absolute Gasteiger partial charge is 0.190 e. The second-order valence-corrected chi connectivity index (χ2v) is 7.27. The standard InChI is InChI=1S/C21H24O7/c1-11-2-4-12(5-3-11)20-14-8-13(6-7-15(14)26-10-27-20)21-19(25)18(24)17(23)16(9-22)28-21/h2-8,16-25H,9-10H2,1H3. The lowest BCUT2D eigenvalue weighted by molar-refractivity contribution is -0.231. The second kappa shape index (κ2) is 7.79. The fourth-order valence-electron chi connectivity index (χ4n) is 3.73. The Morgan fingerprint density at radius 2 is 1.64 bits per heavy atom. The zero-order valence-electron chi connectivity index (χ0n) is 15.4. The van der Waals surface area contributed by atoms with Crippen molar-refractivity contribution in [1.29, 1.82) is 0 Å². The lowest BCUT2D eigenvalue weighted by atomic mass is 9.89. The van der Waals surface area contributed by atoms with E-state index in [4.69, 9.17) is 14.2 Å². The van der Waals surface area contributed by atoms with Crippen LogP contribution in [0.2, 0.25) is 0 Å². The van der Waals surface area contributed by atoms with Gasteiger partial charge in [0.2, 0.25) is 0 Å². The molecule has 6 unspecified atom stereocenters. The van der Waals surface area contributed by atoms with Gasteiger partial charge in [0.1, 0.15) is 42.4 Å². The quantitative estimate of drug-likeness (QED) is 0.620. The molecule has 1 fully saturated rings. The summed E-state index contributed by atoms with van der Waals surface area (Å²) in [5.41, 5.74) is 3.50. The summed E-state index contributed by atoms with van der Waals surface area (Å²) in [5.74, 6) is 0.671. The lowest BCUT2D eigenvalue weighted by Crippen LogP contribution is -2.55. The van der Waals surface area contributed by atoms with Crippen molar-refractivity contribution < 1.29 is 34.6 Å². The number of hydrogen-bond donors (Lipinski definition) is 4. The SMILES string of the molecule is Cc1ccc(C2OCOc3ccc(C4OC(CO)C(O)C(O)C4O)cc32)cc1. The van der Waals surface area contributed by atoms with Gasteiger partial charge in [-0.2, -0.15) is 0 Å². The largest absolute Gasteiger partial charge is 0.467 e. The van der Waals surface area contributed by atoms with E-state index in [1.807, 2.05) is 37.3 Å². The van der Waals surface area contributed by atoms with Crippen LogP contribution < -0.4 is 4.74 Å². The number of aliphatic hydroxyl groups excluding tert-OH is 4. The van der Waals surface area contributed by atoms with Crippen molar-refractivity contribution in [3.05, 3.63) is 64.7 Å². The molecule has 0 aromatic heterocycles. The van der Waals surface area contributed by atoms with Gasteiger partial charge in [-0.05, 0) is 30.2 Å². The third-order valence-corrected chi connectivity index (χ3v) is 5.37. The highest BCUT2D eigenvalue weighted by atomic mass is 16.7. The maximum atomic E-state index is 10.4. The molecule has 0 saturated carbocycles. The Balaban J connectivity index is 1.69. The zero-order valence-corrected chi connectivity index (χ0v) is 15.4. The molecule has 6 atom stereocenters. The second-order valence-electron chi connectivity index (χ2n) is 7.27. The monoisotopic (exact) mass is 388 g/mol. The first-order valence-corrected chi connectivity index (χ1v) is 9.25. The summed E-state index contributed by atoms with van der Waals surface area (Å²) in [6.45, 7) is 1.68. The van der Waals surface area contributed by atoms with Gasteiger partial charge in [-0.15, -0.1) is 0 Å². The Labute approximate surface area is 162 Å². The van der Waals surface area contributed by atoms with Crippen LogP contribution in [-0.2, 0) is 9.47 Å². The Kier molecular flexibility index (Phi) is 5.37. The van der Waals surface area contributed by atoms with E-state index in [9.17, 15) is 20.4 Å². The van der Waals surface area contributed by atoms with Crippen LogP contribution in [-0.4, -0.2) is 58.2 Å². The number of hydrogen-bond acceptors (Lipinski definition) is 7. The number of fused-ring (bicyclic) bond motifs is 1. The third-order valence-electron chi connectivity index (χ3n) is 5.37. The van der Waals surface area contributed by atoms with E-state index >= 15 is 0 Å².